The largest absolute Gasteiger partial charge is 0.227 e. The molecule has 3 heteroatoms. The number of aromatic nitrogens is 1. The highest BCUT2D eigenvalue weighted by Crippen LogP contribution is 2.12. The summed E-state index contributed by atoms with van der Waals surface area (Å²) in [4.78, 5) is 3.68. The minimum absolute atomic E-state index is 0.421. The van der Waals surface area contributed by atoms with E-state index in [4.69, 9.17) is 0 Å². The number of aryl methyl sites for hydroxylation is 1. The minimum atomic E-state index is -0.431. The molecule has 0 radical (unpaired) electrons. The average Bonchev–Trinajstić information content (AvgIpc) is 1.95. The summed E-state index contributed by atoms with van der Waals surface area (Å²) in [6.45, 7) is 1.94. The van der Waals surface area contributed by atoms with Gasteiger partial charge in [-0.15, -0.1) is 0 Å². The molecule has 0 N–H and O–H groups in total. The molecule has 0 saturated carbocycles. The van der Waals surface area contributed by atoms with Gasteiger partial charge in [0.15, 0.2) is 0 Å². The Labute approximate surface area is 67.4 Å². The smallest absolute Gasteiger partial charge is 0.224 e. The predicted octanol–water partition coefficient (Wildman–Crippen LogP) is 2.55. The molecule has 0 bridgehead atoms. The fourth-order valence-corrected chi connectivity index (χ4v) is 0.873. The summed E-state index contributed by atoms with van der Waals surface area (Å²) in [5.74, 6) is -0.431. The third kappa shape index (κ3) is 1.53. The van der Waals surface area contributed by atoms with Gasteiger partial charge in [0.1, 0.15) is 0 Å². The van der Waals surface area contributed by atoms with Crippen molar-refractivity contribution in [1.82, 2.24) is 4.98 Å². The van der Waals surface area contributed by atoms with E-state index in [9.17, 15) is 4.39 Å². The molecule has 1 heterocycles. The minimum Gasteiger partial charge on any atom is -0.224 e. The first-order chi connectivity index (χ1) is 4.74. The van der Waals surface area contributed by atoms with E-state index in [0.717, 1.165) is 12.1 Å². The molecule has 1 aromatic rings. The maximum Gasteiger partial charge on any atom is 0.227 e. The van der Waals surface area contributed by atoms with Crippen LogP contribution in [-0.2, 0) is 6.42 Å². The highest BCUT2D eigenvalue weighted by molar-refractivity contribution is 9.10. The van der Waals surface area contributed by atoms with E-state index < -0.39 is 5.95 Å². The summed E-state index contributed by atoms with van der Waals surface area (Å²) >= 11 is 3.02. The molecule has 10 heavy (non-hydrogen) atoms. The SMILES string of the molecule is CCc1ccc(Br)c(F)n1. The number of rotatable bonds is 1. The summed E-state index contributed by atoms with van der Waals surface area (Å²) in [6, 6.07) is 3.47. The Balaban J connectivity index is 3.04. The van der Waals surface area contributed by atoms with Gasteiger partial charge in [-0.2, -0.15) is 4.39 Å². The van der Waals surface area contributed by atoms with Gasteiger partial charge >= 0.3 is 0 Å². The lowest BCUT2D eigenvalue weighted by Crippen LogP contribution is -1.90. The lowest BCUT2D eigenvalue weighted by molar-refractivity contribution is 0.570. The first-order valence-electron chi connectivity index (χ1n) is 3.05. The van der Waals surface area contributed by atoms with Crippen LogP contribution < -0.4 is 0 Å². The van der Waals surface area contributed by atoms with Gasteiger partial charge in [0.25, 0.3) is 0 Å². The molecule has 0 fully saturated rings. The van der Waals surface area contributed by atoms with E-state index in [-0.39, 0.29) is 0 Å². The fourth-order valence-electron chi connectivity index (χ4n) is 0.652. The lowest BCUT2D eigenvalue weighted by atomic mass is 10.3. The first-order valence-corrected chi connectivity index (χ1v) is 3.84. The first kappa shape index (κ1) is 7.66. The van der Waals surface area contributed by atoms with Crippen LogP contribution in [0.4, 0.5) is 4.39 Å². The Bertz CT molecular complexity index is 237. The molecular weight excluding hydrogens is 197 g/mol. The third-order valence-electron chi connectivity index (χ3n) is 1.22. The van der Waals surface area contributed by atoms with Crippen molar-refractivity contribution in [1.29, 1.82) is 0 Å². The van der Waals surface area contributed by atoms with Crippen LogP contribution >= 0.6 is 15.9 Å². The van der Waals surface area contributed by atoms with Gasteiger partial charge in [-0.25, -0.2) is 4.98 Å². The number of halogens is 2. The van der Waals surface area contributed by atoms with Gasteiger partial charge in [-0.05, 0) is 34.5 Å². The Kier molecular flexibility index (Phi) is 2.38. The fraction of sp³-hybridized carbons (Fsp3) is 0.286. The van der Waals surface area contributed by atoms with Gasteiger partial charge < -0.3 is 0 Å². The van der Waals surface area contributed by atoms with Crippen molar-refractivity contribution in [3.8, 4) is 0 Å². The van der Waals surface area contributed by atoms with Gasteiger partial charge in [0.2, 0.25) is 5.95 Å². The summed E-state index contributed by atoms with van der Waals surface area (Å²) in [6.07, 6.45) is 0.768. The molecule has 1 nitrogen and oxygen atoms in total. The maximum absolute atomic E-state index is 12.6. The van der Waals surface area contributed by atoms with Crippen LogP contribution in [0.3, 0.4) is 0 Å². The van der Waals surface area contributed by atoms with Crippen molar-refractivity contribution < 1.29 is 4.39 Å². The van der Waals surface area contributed by atoms with E-state index in [1.807, 2.05) is 6.92 Å². The van der Waals surface area contributed by atoms with Crippen LogP contribution in [0.5, 0.6) is 0 Å². The summed E-state index contributed by atoms with van der Waals surface area (Å²) in [5, 5.41) is 0. The Morgan fingerprint density at radius 1 is 1.60 bits per heavy atom. The number of nitrogens with zero attached hydrogens (tertiary/aromatic N) is 1. The molecule has 0 amide bonds. The molecular formula is C7H7BrFN. The molecule has 0 spiro atoms. The van der Waals surface area contributed by atoms with E-state index in [1.54, 1.807) is 12.1 Å². The topological polar surface area (TPSA) is 12.9 Å². The molecule has 0 aliphatic rings. The Morgan fingerprint density at radius 2 is 2.30 bits per heavy atom. The third-order valence-corrected chi connectivity index (χ3v) is 1.81. The zero-order chi connectivity index (χ0) is 7.56. The highest BCUT2D eigenvalue weighted by atomic mass is 79.9. The molecule has 1 aromatic heterocycles. The monoisotopic (exact) mass is 203 g/mol. The Morgan fingerprint density at radius 3 is 2.80 bits per heavy atom. The standard InChI is InChI=1S/C7H7BrFN/c1-2-5-3-4-6(8)7(9)10-5/h3-4H,2H2,1H3. The lowest BCUT2D eigenvalue weighted by Gasteiger charge is -1.95. The zero-order valence-electron chi connectivity index (χ0n) is 5.56. The van der Waals surface area contributed by atoms with Crippen molar-refractivity contribution in [2.45, 2.75) is 13.3 Å². The summed E-state index contributed by atoms with van der Waals surface area (Å²) in [7, 11) is 0. The highest BCUT2D eigenvalue weighted by Gasteiger charge is 1.99. The van der Waals surface area contributed by atoms with Crippen molar-refractivity contribution in [2.24, 2.45) is 0 Å². The van der Waals surface area contributed by atoms with E-state index in [1.165, 1.54) is 0 Å². The molecule has 0 aromatic carbocycles. The van der Waals surface area contributed by atoms with E-state index in [2.05, 4.69) is 20.9 Å². The molecule has 0 aliphatic heterocycles. The number of hydrogen-bond acceptors (Lipinski definition) is 1. The summed E-state index contributed by atoms with van der Waals surface area (Å²) < 4.78 is 13.0. The van der Waals surface area contributed by atoms with Crippen LogP contribution in [0.15, 0.2) is 16.6 Å². The second kappa shape index (κ2) is 3.10. The van der Waals surface area contributed by atoms with E-state index >= 15 is 0 Å². The van der Waals surface area contributed by atoms with Crippen LogP contribution in [0.2, 0.25) is 0 Å². The van der Waals surface area contributed by atoms with Crippen molar-refractivity contribution in [3.63, 3.8) is 0 Å². The predicted molar refractivity (Wildman–Crippen MR) is 41.3 cm³/mol. The molecule has 0 atom stereocenters. The van der Waals surface area contributed by atoms with Crippen molar-refractivity contribution >= 4 is 15.9 Å². The molecule has 1 rings (SSSR count). The molecule has 0 unspecified atom stereocenters. The van der Waals surface area contributed by atoms with Crippen molar-refractivity contribution in [3.05, 3.63) is 28.2 Å². The van der Waals surface area contributed by atoms with Gasteiger partial charge in [-0.3, -0.25) is 0 Å². The molecule has 54 valence electrons. The Hall–Kier alpha value is -0.440. The van der Waals surface area contributed by atoms with E-state index in [0.29, 0.717) is 4.47 Å². The maximum atomic E-state index is 12.6. The van der Waals surface area contributed by atoms with Gasteiger partial charge in [-0.1, -0.05) is 6.92 Å². The van der Waals surface area contributed by atoms with Crippen molar-refractivity contribution in [2.75, 3.05) is 0 Å². The second-order valence-corrected chi connectivity index (χ2v) is 2.78. The quantitative estimate of drug-likeness (QED) is 0.640. The normalized spacial score (nSPS) is 9.90. The van der Waals surface area contributed by atoms with Crippen LogP contribution in [-0.4, -0.2) is 4.98 Å². The molecule has 0 aliphatic carbocycles. The van der Waals surface area contributed by atoms with Gasteiger partial charge in [0, 0.05) is 5.69 Å². The van der Waals surface area contributed by atoms with Gasteiger partial charge in [0.05, 0.1) is 4.47 Å². The van der Waals surface area contributed by atoms with Crippen LogP contribution in [0.25, 0.3) is 0 Å². The second-order valence-electron chi connectivity index (χ2n) is 1.93. The number of pyridine rings is 1. The number of hydrogen-bond donors (Lipinski definition) is 0. The van der Waals surface area contributed by atoms with Crippen LogP contribution in [0.1, 0.15) is 12.6 Å². The van der Waals surface area contributed by atoms with Crippen LogP contribution in [0, 0.1) is 5.95 Å². The molecule has 0 saturated heterocycles. The summed E-state index contributed by atoms with van der Waals surface area (Å²) in [5.41, 5.74) is 0.778. The zero-order valence-corrected chi connectivity index (χ0v) is 7.15. The average molecular weight is 204 g/mol.